The van der Waals surface area contributed by atoms with Crippen LogP contribution in [0.1, 0.15) is 38.8 Å². The summed E-state index contributed by atoms with van der Waals surface area (Å²) in [6, 6.07) is 17.3. The number of hydrogen-bond acceptors (Lipinski definition) is 3. The van der Waals surface area contributed by atoms with Gasteiger partial charge in [0.2, 0.25) is 11.8 Å². The van der Waals surface area contributed by atoms with Crippen molar-refractivity contribution in [1.82, 2.24) is 10.2 Å². The molecule has 4 nitrogen and oxygen atoms in total. The number of rotatable bonds is 7. The van der Waals surface area contributed by atoms with E-state index in [1.54, 1.807) is 11.8 Å². The number of amides is 2. The average molecular weight is 399 g/mol. The van der Waals surface area contributed by atoms with E-state index in [1.807, 2.05) is 76.2 Å². The lowest BCUT2D eigenvalue weighted by Crippen LogP contribution is -2.52. The first-order valence-electron chi connectivity index (χ1n) is 9.50. The Morgan fingerprint density at radius 2 is 1.75 bits per heavy atom. The van der Waals surface area contributed by atoms with Crippen molar-refractivity contribution in [1.29, 1.82) is 0 Å². The van der Waals surface area contributed by atoms with E-state index in [4.69, 9.17) is 0 Å². The third kappa shape index (κ3) is 7.04. The predicted octanol–water partition coefficient (Wildman–Crippen LogP) is 4.42. The maximum absolute atomic E-state index is 13.0. The van der Waals surface area contributed by atoms with Crippen LogP contribution in [-0.4, -0.2) is 34.0 Å². The lowest BCUT2D eigenvalue weighted by atomic mass is 10.1. The van der Waals surface area contributed by atoms with Crippen molar-refractivity contribution in [2.24, 2.45) is 0 Å². The minimum absolute atomic E-state index is 0.0491. The van der Waals surface area contributed by atoms with Crippen LogP contribution in [0.4, 0.5) is 0 Å². The van der Waals surface area contributed by atoms with Gasteiger partial charge in [-0.25, -0.2) is 0 Å². The lowest BCUT2D eigenvalue weighted by Gasteiger charge is -2.31. The second kappa shape index (κ2) is 9.78. The molecule has 0 radical (unpaired) electrons. The maximum atomic E-state index is 13.0. The molecule has 2 rings (SSSR count). The summed E-state index contributed by atoms with van der Waals surface area (Å²) in [5.74, 6) is 0.105. The Morgan fingerprint density at radius 3 is 2.36 bits per heavy atom. The summed E-state index contributed by atoms with van der Waals surface area (Å²) in [6.45, 7) is 10.0. The monoisotopic (exact) mass is 398 g/mol. The van der Waals surface area contributed by atoms with Gasteiger partial charge in [0, 0.05) is 17.0 Å². The van der Waals surface area contributed by atoms with E-state index in [0.717, 1.165) is 16.0 Å². The second-order valence-corrected chi connectivity index (χ2v) is 9.08. The Labute approximate surface area is 172 Å². The summed E-state index contributed by atoms with van der Waals surface area (Å²) >= 11 is 1.49. The molecule has 2 aromatic carbocycles. The molecule has 5 heteroatoms. The van der Waals surface area contributed by atoms with Gasteiger partial charge in [0.05, 0.1) is 5.75 Å². The summed E-state index contributed by atoms with van der Waals surface area (Å²) < 4.78 is 0. The Bertz CT molecular complexity index is 800. The van der Waals surface area contributed by atoms with E-state index in [2.05, 4.69) is 11.4 Å². The Morgan fingerprint density at radius 1 is 1.07 bits per heavy atom. The van der Waals surface area contributed by atoms with E-state index in [0.29, 0.717) is 12.3 Å². The van der Waals surface area contributed by atoms with Gasteiger partial charge in [0.1, 0.15) is 6.04 Å². The van der Waals surface area contributed by atoms with E-state index in [9.17, 15) is 9.59 Å². The summed E-state index contributed by atoms with van der Waals surface area (Å²) in [5, 5.41) is 2.99. The number of carbonyl (C=O) groups is 2. The molecule has 150 valence electrons. The van der Waals surface area contributed by atoms with Crippen LogP contribution in [0.15, 0.2) is 59.5 Å². The normalized spacial score (nSPS) is 12.3. The molecule has 0 spiro atoms. The number of nitrogens with one attached hydrogen (secondary N) is 1. The minimum atomic E-state index is -0.552. The van der Waals surface area contributed by atoms with Gasteiger partial charge in [0.15, 0.2) is 0 Å². The minimum Gasteiger partial charge on any atom is -0.350 e. The van der Waals surface area contributed by atoms with E-state index in [1.165, 1.54) is 11.8 Å². The Hall–Kier alpha value is -2.27. The van der Waals surface area contributed by atoms with E-state index < -0.39 is 6.04 Å². The zero-order valence-corrected chi connectivity index (χ0v) is 18.2. The molecule has 0 saturated heterocycles. The van der Waals surface area contributed by atoms with Crippen LogP contribution in [0.3, 0.4) is 0 Å². The lowest BCUT2D eigenvalue weighted by molar-refractivity contribution is -0.139. The molecule has 0 aromatic heterocycles. The van der Waals surface area contributed by atoms with Crippen molar-refractivity contribution in [2.75, 3.05) is 5.75 Å². The largest absolute Gasteiger partial charge is 0.350 e. The van der Waals surface area contributed by atoms with Crippen LogP contribution in [0.2, 0.25) is 0 Å². The fourth-order valence-electron chi connectivity index (χ4n) is 2.81. The first-order valence-corrected chi connectivity index (χ1v) is 10.5. The van der Waals surface area contributed by atoms with Gasteiger partial charge in [-0.15, -0.1) is 11.8 Å². The standard InChI is InChI=1S/C23H30N2O2S/c1-17-10-9-11-19(14-17)15-25(18(2)22(27)24-23(3,4)5)21(26)16-28-20-12-7-6-8-13-20/h6-14,18H,15-16H2,1-5H3,(H,24,27)/t18-/m1/s1. The third-order valence-electron chi connectivity index (χ3n) is 4.21. The van der Waals surface area contributed by atoms with Gasteiger partial charge >= 0.3 is 0 Å². The van der Waals surface area contributed by atoms with Crippen molar-refractivity contribution < 1.29 is 9.59 Å². The van der Waals surface area contributed by atoms with Crippen LogP contribution in [-0.2, 0) is 16.1 Å². The molecule has 2 aromatic rings. The van der Waals surface area contributed by atoms with Gasteiger partial charge in [-0.1, -0.05) is 48.0 Å². The van der Waals surface area contributed by atoms with Crippen molar-refractivity contribution in [2.45, 2.75) is 57.6 Å². The van der Waals surface area contributed by atoms with Gasteiger partial charge in [-0.2, -0.15) is 0 Å². The maximum Gasteiger partial charge on any atom is 0.242 e. The topological polar surface area (TPSA) is 49.4 Å². The van der Waals surface area contributed by atoms with Crippen LogP contribution < -0.4 is 5.32 Å². The summed E-state index contributed by atoms with van der Waals surface area (Å²) in [6.07, 6.45) is 0. The Kier molecular flexibility index (Phi) is 7.69. The number of nitrogens with zero attached hydrogens (tertiary/aromatic N) is 1. The van der Waals surface area contributed by atoms with Gasteiger partial charge in [-0.3, -0.25) is 9.59 Å². The van der Waals surface area contributed by atoms with Crippen LogP contribution in [0.25, 0.3) is 0 Å². The van der Waals surface area contributed by atoms with Gasteiger partial charge < -0.3 is 10.2 Å². The Balaban J connectivity index is 2.16. The van der Waals surface area contributed by atoms with Crippen LogP contribution in [0, 0.1) is 6.92 Å². The molecular formula is C23H30N2O2S. The summed E-state index contributed by atoms with van der Waals surface area (Å²) in [5.41, 5.74) is 1.81. The first kappa shape index (κ1) is 22.0. The zero-order chi connectivity index (χ0) is 20.7. The SMILES string of the molecule is Cc1cccc(CN(C(=O)CSc2ccccc2)[C@H](C)C(=O)NC(C)(C)C)c1. The van der Waals surface area contributed by atoms with Gasteiger partial charge in [0.25, 0.3) is 0 Å². The predicted molar refractivity (Wildman–Crippen MR) is 116 cm³/mol. The number of carbonyl (C=O) groups excluding carboxylic acids is 2. The zero-order valence-electron chi connectivity index (χ0n) is 17.4. The molecule has 0 heterocycles. The fraction of sp³-hybridized carbons (Fsp3) is 0.391. The molecule has 1 atom stereocenters. The quantitative estimate of drug-likeness (QED) is 0.703. The molecule has 28 heavy (non-hydrogen) atoms. The molecule has 0 aliphatic carbocycles. The van der Waals surface area contributed by atoms with Crippen molar-refractivity contribution >= 4 is 23.6 Å². The van der Waals surface area contributed by atoms with Gasteiger partial charge in [-0.05, 0) is 52.3 Å². The first-order chi connectivity index (χ1) is 13.2. The van der Waals surface area contributed by atoms with Crippen molar-refractivity contribution in [3.63, 3.8) is 0 Å². The highest BCUT2D eigenvalue weighted by Crippen LogP contribution is 2.20. The molecular weight excluding hydrogens is 368 g/mol. The average Bonchev–Trinajstić information content (AvgIpc) is 2.63. The molecule has 0 saturated carbocycles. The second-order valence-electron chi connectivity index (χ2n) is 8.03. The molecule has 0 unspecified atom stereocenters. The van der Waals surface area contributed by atoms with Crippen molar-refractivity contribution in [3.05, 3.63) is 65.7 Å². The van der Waals surface area contributed by atoms with Crippen LogP contribution >= 0.6 is 11.8 Å². The highest BCUT2D eigenvalue weighted by Gasteiger charge is 2.28. The summed E-state index contributed by atoms with van der Waals surface area (Å²) in [4.78, 5) is 28.5. The summed E-state index contributed by atoms with van der Waals surface area (Å²) in [7, 11) is 0. The molecule has 0 fully saturated rings. The van der Waals surface area contributed by atoms with E-state index >= 15 is 0 Å². The highest BCUT2D eigenvalue weighted by molar-refractivity contribution is 8.00. The molecule has 1 N–H and O–H groups in total. The molecule has 0 aliphatic rings. The number of aryl methyl sites for hydroxylation is 1. The third-order valence-corrected chi connectivity index (χ3v) is 5.20. The smallest absolute Gasteiger partial charge is 0.242 e. The molecule has 0 aliphatic heterocycles. The number of thioether (sulfide) groups is 1. The molecule has 0 bridgehead atoms. The van der Waals surface area contributed by atoms with E-state index in [-0.39, 0.29) is 17.4 Å². The fourth-order valence-corrected chi connectivity index (χ4v) is 3.61. The van der Waals surface area contributed by atoms with Crippen molar-refractivity contribution in [3.8, 4) is 0 Å². The number of benzene rings is 2. The highest BCUT2D eigenvalue weighted by atomic mass is 32.2. The van der Waals surface area contributed by atoms with Crippen LogP contribution in [0.5, 0.6) is 0 Å². The molecule has 2 amide bonds. The number of hydrogen-bond donors (Lipinski definition) is 1.